The third kappa shape index (κ3) is 10.6. The number of carbonyl (C=O) groups is 6. The van der Waals surface area contributed by atoms with Crippen LogP contribution in [0.15, 0.2) is 17.1 Å². The Morgan fingerprint density at radius 1 is 0.816 bits per heavy atom. The van der Waals surface area contributed by atoms with E-state index in [1.807, 2.05) is 10.6 Å². The Morgan fingerprint density at radius 3 is 1.74 bits per heavy atom. The standard InChI is InChI=1S/C20H29N7O11/c1-12-20(35)14(29)3-5-24(12)6-4-15(30)21-10-26(37)18(33)8-17(32)23-11-27(38)19(34)7-16(31)22-9-25(36)13(2)28/h3,5,35-38H,4,6-11H2,1-2H3,(H,21,30)(H,22,31)(H,23,32). The highest BCUT2D eigenvalue weighted by molar-refractivity contribution is 5.98. The number of aryl methyl sites for hydroxylation is 1. The Morgan fingerprint density at radius 2 is 1.26 bits per heavy atom. The molecule has 0 aliphatic rings. The van der Waals surface area contributed by atoms with Crippen molar-refractivity contribution in [1.29, 1.82) is 0 Å². The summed E-state index contributed by atoms with van der Waals surface area (Å²) in [5.74, 6) is -6.04. The van der Waals surface area contributed by atoms with Crippen LogP contribution in [-0.4, -0.2) is 95.9 Å². The van der Waals surface area contributed by atoms with Crippen molar-refractivity contribution in [2.75, 3.05) is 20.0 Å². The quantitative estimate of drug-likeness (QED) is 0.0568. The minimum Gasteiger partial charge on any atom is -0.503 e. The molecule has 7 N–H and O–H groups in total. The van der Waals surface area contributed by atoms with E-state index in [9.17, 15) is 49.1 Å². The molecule has 0 saturated carbocycles. The summed E-state index contributed by atoms with van der Waals surface area (Å²) in [6.07, 6.45) is -0.535. The zero-order valence-electron chi connectivity index (χ0n) is 20.5. The van der Waals surface area contributed by atoms with Gasteiger partial charge >= 0.3 is 0 Å². The minimum atomic E-state index is -1.15. The molecule has 0 bridgehead atoms. The van der Waals surface area contributed by atoms with Gasteiger partial charge in [-0.25, -0.2) is 15.2 Å². The van der Waals surface area contributed by atoms with Gasteiger partial charge in [-0.15, -0.1) is 0 Å². The van der Waals surface area contributed by atoms with E-state index in [-0.39, 0.29) is 33.8 Å². The van der Waals surface area contributed by atoms with Gasteiger partial charge in [0.2, 0.25) is 29.1 Å². The SMILES string of the molecule is CC(=O)N(O)CNC(=O)CC(=O)N(O)CNC(=O)CC(=O)N(O)CNC(=O)CCn1ccc(=O)c(O)c1C. The highest BCUT2D eigenvalue weighted by Crippen LogP contribution is 2.09. The lowest BCUT2D eigenvalue weighted by Crippen LogP contribution is -2.44. The zero-order valence-corrected chi connectivity index (χ0v) is 20.5. The fourth-order valence-corrected chi connectivity index (χ4v) is 2.57. The number of pyridine rings is 1. The third-order valence-electron chi connectivity index (χ3n) is 4.83. The Labute approximate surface area is 214 Å². The topological polar surface area (TPSA) is 251 Å². The molecule has 0 atom stereocenters. The second-order valence-corrected chi connectivity index (χ2v) is 7.69. The minimum absolute atomic E-state index is 0.0232. The van der Waals surface area contributed by atoms with Gasteiger partial charge in [0.25, 0.3) is 11.8 Å². The lowest BCUT2D eigenvalue weighted by atomic mass is 10.3. The van der Waals surface area contributed by atoms with E-state index in [4.69, 9.17) is 5.21 Å². The van der Waals surface area contributed by atoms with Crippen molar-refractivity contribution < 1.29 is 49.5 Å². The third-order valence-corrected chi connectivity index (χ3v) is 4.83. The maximum absolute atomic E-state index is 12.0. The molecule has 0 fully saturated rings. The van der Waals surface area contributed by atoms with Gasteiger partial charge < -0.3 is 25.6 Å². The van der Waals surface area contributed by atoms with Crippen molar-refractivity contribution in [3.8, 4) is 5.75 Å². The second kappa shape index (κ2) is 14.9. The van der Waals surface area contributed by atoms with E-state index >= 15 is 0 Å². The van der Waals surface area contributed by atoms with Gasteiger partial charge in [0.05, 0.1) is 5.69 Å². The highest BCUT2D eigenvalue weighted by atomic mass is 16.5. The summed E-state index contributed by atoms with van der Waals surface area (Å²) in [7, 11) is 0. The van der Waals surface area contributed by atoms with Crippen LogP contribution in [0.2, 0.25) is 0 Å². The van der Waals surface area contributed by atoms with E-state index in [1.165, 1.54) is 17.7 Å². The maximum Gasteiger partial charge on any atom is 0.257 e. The fraction of sp³-hybridized carbons (Fsp3) is 0.450. The number of amides is 6. The van der Waals surface area contributed by atoms with E-state index in [0.29, 0.717) is 0 Å². The predicted molar refractivity (Wildman–Crippen MR) is 122 cm³/mol. The Hall–Kier alpha value is -4.55. The second-order valence-electron chi connectivity index (χ2n) is 7.69. The van der Waals surface area contributed by atoms with Crippen LogP contribution >= 0.6 is 0 Å². The van der Waals surface area contributed by atoms with Gasteiger partial charge in [0, 0.05) is 32.2 Å². The van der Waals surface area contributed by atoms with Crippen LogP contribution in [0, 0.1) is 6.92 Å². The largest absolute Gasteiger partial charge is 0.503 e. The molecule has 0 saturated heterocycles. The number of rotatable bonds is 13. The van der Waals surface area contributed by atoms with Gasteiger partial charge in [-0.05, 0) is 6.92 Å². The van der Waals surface area contributed by atoms with Crippen LogP contribution in [-0.2, 0) is 35.3 Å². The van der Waals surface area contributed by atoms with Crippen molar-refractivity contribution in [3.63, 3.8) is 0 Å². The Kier molecular flexibility index (Phi) is 12.3. The molecule has 1 aromatic heterocycles. The fourth-order valence-electron chi connectivity index (χ4n) is 2.57. The van der Waals surface area contributed by atoms with Crippen LogP contribution < -0.4 is 21.4 Å². The molecule has 0 spiro atoms. The summed E-state index contributed by atoms with van der Waals surface area (Å²) in [4.78, 5) is 81.2. The number of aromatic hydroxyl groups is 1. The van der Waals surface area contributed by atoms with Gasteiger partial charge in [-0.1, -0.05) is 0 Å². The van der Waals surface area contributed by atoms with Crippen molar-refractivity contribution in [2.24, 2.45) is 0 Å². The lowest BCUT2D eigenvalue weighted by Gasteiger charge is -2.18. The van der Waals surface area contributed by atoms with Crippen molar-refractivity contribution >= 4 is 35.4 Å². The molecule has 0 aromatic carbocycles. The van der Waals surface area contributed by atoms with Crippen LogP contribution in [0.1, 0.15) is 31.9 Å². The summed E-state index contributed by atoms with van der Waals surface area (Å²) >= 11 is 0. The number of carbonyl (C=O) groups excluding carboxylic acids is 6. The maximum atomic E-state index is 12.0. The predicted octanol–water partition coefficient (Wildman–Crippen LogP) is -3.07. The first-order valence-electron chi connectivity index (χ1n) is 10.9. The summed E-state index contributed by atoms with van der Waals surface area (Å²) in [5, 5.41) is 44.6. The van der Waals surface area contributed by atoms with Crippen molar-refractivity contribution in [2.45, 2.75) is 39.7 Å². The molecule has 0 aliphatic carbocycles. The molecule has 210 valence electrons. The molecule has 0 radical (unpaired) electrons. The Balaban J connectivity index is 2.35. The number of aromatic nitrogens is 1. The lowest BCUT2D eigenvalue weighted by molar-refractivity contribution is -0.170. The van der Waals surface area contributed by atoms with Gasteiger partial charge in [0.1, 0.15) is 32.8 Å². The van der Waals surface area contributed by atoms with E-state index in [1.54, 1.807) is 0 Å². The average molecular weight is 543 g/mol. The summed E-state index contributed by atoms with van der Waals surface area (Å²) in [6, 6.07) is 1.13. The molecule has 1 heterocycles. The van der Waals surface area contributed by atoms with Crippen LogP contribution in [0.3, 0.4) is 0 Å². The first-order chi connectivity index (χ1) is 17.7. The van der Waals surface area contributed by atoms with Gasteiger partial charge in [-0.2, -0.15) is 0 Å². The van der Waals surface area contributed by atoms with Crippen molar-refractivity contribution in [1.82, 2.24) is 35.7 Å². The number of hydroxylamine groups is 6. The molecule has 1 aromatic rings. The van der Waals surface area contributed by atoms with Gasteiger partial charge in [0.15, 0.2) is 5.75 Å². The molecule has 0 aliphatic heterocycles. The molecule has 1 rings (SSSR count). The molecule has 18 nitrogen and oxygen atoms in total. The Bertz CT molecular complexity index is 1120. The summed E-state index contributed by atoms with van der Waals surface area (Å²) < 4.78 is 1.46. The van der Waals surface area contributed by atoms with E-state index in [2.05, 4.69) is 5.32 Å². The zero-order chi connectivity index (χ0) is 29.0. The number of hydrogen-bond acceptors (Lipinski definition) is 11. The van der Waals surface area contributed by atoms with Gasteiger partial charge in [-0.3, -0.25) is 49.2 Å². The monoisotopic (exact) mass is 543 g/mol. The van der Waals surface area contributed by atoms with Crippen LogP contribution in [0.5, 0.6) is 5.75 Å². The molecule has 38 heavy (non-hydrogen) atoms. The summed E-state index contributed by atoms with van der Waals surface area (Å²) in [6.45, 7) is 0.542. The number of nitrogens with zero attached hydrogens (tertiary/aromatic N) is 4. The molecule has 6 amide bonds. The first kappa shape index (κ1) is 31.5. The van der Waals surface area contributed by atoms with E-state index < -0.39 is 79.5 Å². The number of hydrogen-bond donors (Lipinski definition) is 7. The number of nitrogens with one attached hydrogen (secondary N) is 3. The molecular weight excluding hydrogens is 514 g/mol. The van der Waals surface area contributed by atoms with E-state index in [0.717, 1.165) is 13.0 Å². The van der Waals surface area contributed by atoms with Crippen LogP contribution in [0.25, 0.3) is 0 Å². The smallest absolute Gasteiger partial charge is 0.257 e. The molecular formula is C20H29N7O11. The first-order valence-corrected chi connectivity index (χ1v) is 10.9. The molecule has 0 unspecified atom stereocenters. The van der Waals surface area contributed by atoms with Crippen molar-refractivity contribution in [3.05, 3.63) is 28.2 Å². The molecule has 18 heteroatoms. The normalized spacial score (nSPS) is 10.2. The average Bonchev–Trinajstić information content (AvgIpc) is 2.86. The highest BCUT2D eigenvalue weighted by Gasteiger charge is 2.20. The van der Waals surface area contributed by atoms with Crippen LogP contribution in [0.4, 0.5) is 0 Å². The summed E-state index contributed by atoms with van der Waals surface area (Å²) in [5.41, 5.74) is -0.311.